The average Bonchev–Trinajstić information content (AvgIpc) is 2.92. The normalized spacial score (nSPS) is 13.1. The highest BCUT2D eigenvalue weighted by molar-refractivity contribution is 5.93. The van der Waals surface area contributed by atoms with Crippen LogP contribution in [-0.4, -0.2) is 60.1 Å². The van der Waals surface area contributed by atoms with Crippen molar-refractivity contribution in [3.8, 4) is 12.3 Å². The Morgan fingerprint density at radius 3 is 2.17 bits per heavy atom. The van der Waals surface area contributed by atoms with Crippen molar-refractivity contribution in [2.45, 2.75) is 71.2 Å². The molecule has 0 saturated heterocycles. The molecule has 214 valence electrons. The number of ether oxygens (including phenoxy) is 2. The number of alkyl carbamates (subject to hydrolysis) is 1. The summed E-state index contributed by atoms with van der Waals surface area (Å²) in [7, 11) is 1.22. The van der Waals surface area contributed by atoms with Gasteiger partial charge in [0.15, 0.2) is 0 Å². The van der Waals surface area contributed by atoms with Gasteiger partial charge >= 0.3 is 12.1 Å². The SMILES string of the molecule is C#Cc1ccc(C(C(=O)NCC(=O)OC)N(C(=O)C(Cc2ccccc2)NC(=O)OC(C)(C)C)C(C)CC)cc1. The van der Waals surface area contributed by atoms with Gasteiger partial charge in [0, 0.05) is 18.0 Å². The third-order valence-electron chi connectivity index (χ3n) is 6.15. The molecule has 0 radical (unpaired) electrons. The Morgan fingerprint density at radius 2 is 1.65 bits per heavy atom. The smallest absolute Gasteiger partial charge is 0.408 e. The lowest BCUT2D eigenvalue weighted by Gasteiger charge is -2.38. The van der Waals surface area contributed by atoms with Gasteiger partial charge in [-0.1, -0.05) is 55.3 Å². The van der Waals surface area contributed by atoms with E-state index in [-0.39, 0.29) is 13.0 Å². The second kappa shape index (κ2) is 14.7. The summed E-state index contributed by atoms with van der Waals surface area (Å²) in [5, 5.41) is 5.30. The summed E-state index contributed by atoms with van der Waals surface area (Å²) in [4.78, 5) is 54.0. The van der Waals surface area contributed by atoms with E-state index in [1.54, 1.807) is 45.0 Å². The lowest BCUT2D eigenvalue weighted by molar-refractivity contribution is -0.146. The molecule has 0 bridgehead atoms. The Bertz CT molecular complexity index is 1200. The zero-order valence-corrected chi connectivity index (χ0v) is 24.0. The molecule has 2 aromatic rings. The van der Waals surface area contributed by atoms with Crippen molar-refractivity contribution in [2.75, 3.05) is 13.7 Å². The zero-order chi connectivity index (χ0) is 29.9. The molecule has 0 aliphatic heterocycles. The van der Waals surface area contributed by atoms with Gasteiger partial charge < -0.3 is 25.0 Å². The molecule has 0 aromatic heterocycles. The second-order valence-corrected chi connectivity index (χ2v) is 10.4. The number of carbonyl (C=O) groups is 4. The molecule has 0 fully saturated rings. The largest absolute Gasteiger partial charge is 0.468 e. The Morgan fingerprint density at radius 1 is 1.02 bits per heavy atom. The average molecular weight is 550 g/mol. The highest BCUT2D eigenvalue weighted by Crippen LogP contribution is 2.27. The van der Waals surface area contributed by atoms with Crippen molar-refractivity contribution >= 4 is 23.9 Å². The third kappa shape index (κ3) is 9.45. The van der Waals surface area contributed by atoms with E-state index in [9.17, 15) is 19.2 Å². The molecule has 0 spiro atoms. The lowest BCUT2D eigenvalue weighted by atomic mass is 9.97. The van der Waals surface area contributed by atoms with E-state index in [1.807, 2.05) is 44.2 Å². The van der Waals surface area contributed by atoms with Gasteiger partial charge in [-0.3, -0.25) is 14.4 Å². The Kier molecular flexibility index (Phi) is 11.7. The number of rotatable bonds is 11. The van der Waals surface area contributed by atoms with E-state index in [2.05, 4.69) is 21.3 Å². The van der Waals surface area contributed by atoms with Crippen molar-refractivity contribution in [3.63, 3.8) is 0 Å². The minimum atomic E-state index is -1.13. The van der Waals surface area contributed by atoms with Gasteiger partial charge in [-0.25, -0.2) is 4.79 Å². The van der Waals surface area contributed by atoms with Gasteiger partial charge in [-0.15, -0.1) is 6.42 Å². The van der Waals surface area contributed by atoms with Crippen molar-refractivity contribution < 1.29 is 28.7 Å². The highest BCUT2D eigenvalue weighted by atomic mass is 16.6. The summed E-state index contributed by atoms with van der Waals surface area (Å²) in [5.74, 6) is 0.840. The van der Waals surface area contributed by atoms with Gasteiger partial charge in [0.25, 0.3) is 0 Å². The minimum Gasteiger partial charge on any atom is -0.468 e. The molecule has 3 atom stereocenters. The maximum atomic E-state index is 14.3. The van der Waals surface area contributed by atoms with Crippen LogP contribution in [0.2, 0.25) is 0 Å². The first-order valence-corrected chi connectivity index (χ1v) is 13.2. The van der Waals surface area contributed by atoms with Crippen molar-refractivity contribution in [1.82, 2.24) is 15.5 Å². The van der Waals surface area contributed by atoms with Crippen LogP contribution in [0.1, 0.15) is 63.8 Å². The van der Waals surface area contributed by atoms with E-state index in [1.165, 1.54) is 12.0 Å². The van der Waals surface area contributed by atoms with Crippen LogP contribution in [-0.2, 0) is 30.3 Å². The Labute approximate surface area is 236 Å². The lowest BCUT2D eigenvalue weighted by Crippen LogP contribution is -2.56. The molecule has 40 heavy (non-hydrogen) atoms. The maximum absolute atomic E-state index is 14.3. The van der Waals surface area contributed by atoms with Crippen molar-refractivity contribution in [3.05, 3.63) is 71.3 Å². The monoisotopic (exact) mass is 549 g/mol. The highest BCUT2D eigenvalue weighted by Gasteiger charge is 2.38. The molecular formula is C31H39N3O6. The maximum Gasteiger partial charge on any atom is 0.408 e. The quantitative estimate of drug-likeness (QED) is 0.326. The van der Waals surface area contributed by atoms with Gasteiger partial charge in [-0.05, 0) is 57.4 Å². The van der Waals surface area contributed by atoms with E-state index in [4.69, 9.17) is 11.2 Å². The van der Waals surface area contributed by atoms with E-state index >= 15 is 0 Å². The van der Waals surface area contributed by atoms with Crippen LogP contribution < -0.4 is 10.6 Å². The molecule has 0 saturated carbocycles. The molecule has 3 amide bonds. The number of hydrogen-bond acceptors (Lipinski definition) is 6. The summed E-state index contributed by atoms with van der Waals surface area (Å²) in [6.07, 6.45) is 5.44. The zero-order valence-electron chi connectivity index (χ0n) is 24.0. The molecule has 0 aliphatic carbocycles. The van der Waals surface area contributed by atoms with Crippen LogP contribution in [0, 0.1) is 12.3 Å². The number of methoxy groups -OCH3 is 1. The van der Waals surface area contributed by atoms with Crippen LogP contribution >= 0.6 is 0 Å². The van der Waals surface area contributed by atoms with Crippen molar-refractivity contribution in [2.24, 2.45) is 0 Å². The predicted molar refractivity (Wildman–Crippen MR) is 152 cm³/mol. The number of benzene rings is 2. The third-order valence-corrected chi connectivity index (χ3v) is 6.15. The Hall–Kier alpha value is -4.32. The fraction of sp³-hybridized carbons (Fsp3) is 0.419. The fourth-order valence-electron chi connectivity index (χ4n) is 4.00. The van der Waals surface area contributed by atoms with Crippen LogP contribution in [0.3, 0.4) is 0 Å². The molecule has 2 N–H and O–H groups in total. The van der Waals surface area contributed by atoms with Crippen LogP contribution in [0.4, 0.5) is 4.79 Å². The molecule has 3 unspecified atom stereocenters. The van der Waals surface area contributed by atoms with E-state index in [0.29, 0.717) is 17.5 Å². The van der Waals surface area contributed by atoms with Crippen molar-refractivity contribution in [1.29, 1.82) is 0 Å². The summed E-state index contributed by atoms with van der Waals surface area (Å²) < 4.78 is 10.1. The molecule has 2 aromatic carbocycles. The van der Waals surface area contributed by atoms with Crippen LogP contribution in [0.15, 0.2) is 54.6 Å². The molecule has 9 heteroatoms. The second-order valence-electron chi connectivity index (χ2n) is 10.4. The van der Waals surface area contributed by atoms with Gasteiger partial charge in [0.1, 0.15) is 24.2 Å². The van der Waals surface area contributed by atoms with E-state index in [0.717, 1.165) is 5.56 Å². The number of nitrogens with zero attached hydrogens (tertiary/aromatic N) is 1. The number of amides is 3. The van der Waals surface area contributed by atoms with Gasteiger partial charge in [0.2, 0.25) is 11.8 Å². The fourth-order valence-corrected chi connectivity index (χ4v) is 4.00. The number of terminal acetylenes is 1. The van der Waals surface area contributed by atoms with Gasteiger partial charge in [0.05, 0.1) is 7.11 Å². The first-order valence-electron chi connectivity index (χ1n) is 13.2. The summed E-state index contributed by atoms with van der Waals surface area (Å²) in [6.45, 7) is 8.53. The van der Waals surface area contributed by atoms with E-state index < -0.39 is 47.6 Å². The molecule has 2 rings (SSSR count). The molecule has 0 heterocycles. The summed E-state index contributed by atoms with van der Waals surface area (Å²) in [5.41, 5.74) is 1.12. The molecular weight excluding hydrogens is 510 g/mol. The molecule has 0 aliphatic rings. The summed E-state index contributed by atoms with van der Waals surface area (Å²) >= 11 is 0. The summed E-state index contributed by atoms with van der Waals surface area (Å²) in [6, 6.07) is 13.3. The predicted octanol–water partition coefficient (Wildman–Crippen LogP) is 3.76. The minimum absolute atomic E-state index is 0.165. The van der Waals surface area contributed by atoms with Gasteiger partial charge in [-0.2, -0.15) is 0 Å². The number of nitrogens with one attached hydrogen (secondary N) is 2. The standard InChI is InChI=1S/C31H39N3O6/c1-8-21(3)34(27(28(36)32-20-26(35)39-7)24-17-15-22(9-2)16-18-24)29(37)25(19-23-13-11-10-12-14-23)33-30(38)40-31(4,5)6/h2,10-18,21,25,27H,8,19-20H2,1,3-7H3,(H,32,36)(H,33,38). The number of esters is 1. The number of carbonyl (C=O) groups excluding carboxylic acids is 4. The van der Waals surface area contributed by atoms with Crippen LogP contribution in [0.25, 0.3) is 0 Å². The van der Waals surface area contributed by atoms with Crippen LogP contribution in [0.5, 0.6) is 0 Å². The number of hydrogen-bond donors (Lipinski definition) is 2. The first kappa shape index (κ1) is 31.9. The molecule has 9 nitrogen and oxygen atoms in total. The first-order chi connectivity index (χ1) is 18.9. The Balaban J connectivity index is 2.58. The topological polar surface area (TPSA) is 114 Å².